The highest BCUT2D eigenvalue weighted by molar-refractivity contribution is 7.99. The van der Waals surface area contributed by atoms with E-state index in [2.05, 4.69) is 15.3 Å². The lowest BCUT2D eigenvalue weighted by Gasteiger charge is -2.13. The molecular weight excluding hydrogens is 284 g/mol. The first-order valence-electron chi connectivity index (χ1n) is 6.06. The minimum absolute atomic E-state index is 0.0191. The van der Waals surface area contributed by atoms with E-state index in [0.29, 0.717) is 10.3 Å². The van der Waals surface area contributed by atoms with Gasteiger partial charge >= 0.3 is 0 Å². The number of anilines is 1. The molecule has 19 heavy (non-hydrogen) atoms. The van der Waals surface area contributed by atoms with Crippen LogP contribution in [0.25, 0.3) is 0 Å². The van der Waals surface area contributed by atoms with Crippen LogP contribution < -0.4 is 10.2 Å². The van der Waals surface area contributed by atoms with Crippen molar-refractivity contribution in [3.05, 3.63) is 11.2 Å². The van der Waals surface area contributed by atoms with Crippen LogP contribution in [-0.4, -0.2) is 41.8 Å². The van der Waals surface area contributed by atoms with Gasteiger partial charge in [0, 0.05) is 26.2 Å². The van der Waals surface area contributed by atoms with Gasteiger partial charge in [0.1, 0.15) is 11.0 Å². The predicted octanol–water partition coefficient (Wildman–Crippen LogP) is 2.20. The summed E-state index contributed by atoms with van der Waals surface area (Å²) in [6.07, 6.45) is 0.912. The molecule has 1 atom stereocenters. The van der Waals surface area contributed by atoms with Crippen LogP contribution in [0.4, 0.5) is 5.82 Å². The Balaban J connectivity index is 2.60. The molecule has 1 amide bonds. The van der Waals surface area contributed by atoms with E-state index in [1.54, 1.807) is 6.07 Å². The molecule has 1 heterocycles. The Morgan fingerprint density at radius 1 is 1.53 bits per heavy atom. The van der Waals surface area contributed by atoms with Gasteiger partial charge in [-0.25, -0.2) is 9.97 Å². The summed E-state index contributed by atoms with van der Waals surface area (Å²) < 4.78 is 0. The Morgan fingerprint density at radius 3 is 2.79 bits per heavy atom. The summed E-state index contributed by atoms with van der Waals surface area (Å²) in [6, 6.07) is 1.87. The van der Waals surface area contributed by atoms with Gasteiger partial charge in [0.15, 0.2) is 5.16 Å². The normalized spacial score (nSPS) is 12.1. The quantitative estimate of drug-likeness (QED) is 0.496. The molecule has 0 aromatic carbocycles. The third-order valence-corrected chi connectivity index (χ3v) is 3.51. The Kier molecular flexibility index (Phi) is 6.37. The molecule has 0 radical (unpaired) electrons. The van der Waals surface area contributed by atoms with Crippen molar-refractivity contribution in [3.63, 3.8) is 0 Å². The van der Waals surface area contributed by atoms with E-state index in [1.807, 2.05) is 32.8 Å². The number of aromatic nitrogens is 2. The van der Waals surface area contributed by atoms with Crippen molar-refractivity contribution in [2.45, 2.75) is 31.5 Å². The maximum atomic E-state index is 11.7. The first-order chi connectivity index (χ1) is 8.92. The first kappa shape index (κ1) is 16.0. The molecular formula is C12H19ClN4OS. The van der Waals surface area contributed by atoms with Crippen LogP contribution in [0.2, 0.25) is 5.15 Å². The number of carbonyl (C=O) groups excluding carboxylic acids is 1. The summed E-state index contributed by atoms with van der Waals surface area (Å²) in [4.78, 5) is 21.9. The Labute approximate surface area is 123 Å². The molecule has 5 nitrogen and oxygen atoms in total. The zero-order valence-corrected chi connectivity index (χ0v) is 13.2. The van der Waals surface area contributed by atoms with Crippen LogP contribution >= 0.6 is 23.4 Å². The fraction of sp³-hybridized carbons (Fsp3) is 0.583. The van der Waals surface area contributed by atoms with Gasteiger partial charge in [-0.2, -0.15) is 0 Å². The number of hydrogen-bond donors (Lipinski definition) is 1. The predicted molar refractivity (Wildman–Crippen MR) is 80.0 cm³/mol. The standard InChI is InChI=1S/C12H19ClN4OS/c1-5-8(2)14-11(18)7-19-12-15-9(13)6-10(16-12)17(3)4/h6,8H,5,7H2,1-4H3,(H,14,18). The lowest BCUT2D eigenvalue weighted by Crippen LogP contribution is -2.33. The molecule has 0 saturated heterocycles. The highest BCUT2D eigenvalue weighted by Crippen LogP contribution is 2.20. The molecule has 0 fully saturated rings. The molecule has 0 aliphatic heterocycles. The summed E-state index contributed by atoms with van der Waals surface area (Å²) in [5.74, 6) is 0.997. The maximum absolute atomic E-state index is 11.7. The molecule has 0 saturated carbocycles. The van der Waals surface area contributed by atoms with Crippen LogP contribution in [0, 0.1) is 0 Å². The second kappa shape index (κ2) is 7.55. The summed E-state index contributed by atoms with van der Waals surface area (Å²) in [5.41, 5.74) is 0. The van der Waals surface area contributed by atoms with Crippen molar-refractivity contribution >= 4 is 35.1 Å². The van der Waals surface area contributed by atoms with Gasteiger partial charge in [0.25, 0.3) is 0 Å². The zero-order chi connectivity index (χ0) is 14.4. The topological polar surface area (TPSA) is 58.1 Å². The third kappa shape index (κ3) is 5.65. The highest BCUT2D eigenvalue weighted by Gasteiger charge is 2.10. The molecule has 1 N–H and O–H groups in total. The van der Waals surface area contributed by atoms with Gasteiger partial charge < -0.3 is 10.2 Å². The first-order valence-corrected chi connectivity index (χ1v) is 7.42. The van der Waals surface area contributed by atoms with Crippen molar-refractivity contribution in [2.24, 2.45) is 0 Å². The lowest BCUT2D eigenvalue weighted by atomic mass is 10.3. The molecule has 7 heteroatoms. The number of nitrogens with zero attached hydrogens (tertiary/aromatic N) is 3. The third-order valence-electron chi connectivity index (χ3n) is 2.47. The van der Waals surface area contributed by atoms with E-state index >= 15 is 0 Å². The van der Waals surface area contributed by atoms with Gasteiger partial charge in [-0.1, -0.05) is 30.3 Å². The molecule has 1 aromatic heterocycles. The van der Waals surface area contributed by atoms with E-state index in [-0.39, 0.29) is 17.7 Å². The average Bonchev–Trinajstić information content (AvgIpc) is 2.35. The van der Waals surface area contributed by atoms with Gasteiger partial charge in [0.2, 0.25) is 5.91 Å². The minimum atomic E-state index is -0.0191. The average molecular weight is 303 g/mol. The highest BCUT2D eigenvalue weighted by atomic mass is 35.5. The Hall–Kier alpha value is -1.01. The van der Waals surface area contributed by atoms with E-state index in [4.69, 9.17) is 11.6 Å². The molecule has 1 rings (SSSR count). The fourth-order valence-electron chi connectivity index (χ4n) is 1.23. The summed E-state index contributed by atoms with van der Waals surface area (Å²) in [6.45, 7) is 4.00. The molecule has 0 spiro atoms. The molecule has 0 bridgehead atoms. The molecule has 1 unspecified atom stereocenters. The number of nitrogens with one attached hydrogen (secondary N) is 1. The van der Waals surface area contributed by atoms with E-state index < -0.39 is 0 Å². The number of amides is 1. The van der Waals surface area contributed by atoms with Gasteiger partial charge in [-0.05, 0) is 13.3 Å². The van der Waals surface area contributed by atoms with Crippen LogP contribution in [0.5, 0.6) is 0 Å². The second-order valence-electron chi connectivity index (χ2n) is 4.39. The Morgan fingerprint density at radius 2 is 2.21 bits per heavy atom. The summed E-state index contributed by atoms with van der Waals surface area (Å²) in [5, 5.41) is 3.78. The van der Waals surface area contributed by atoms with E-state index in [9.17, 15) is 4.79 Å². The van der Waals surface area contributed by atoms with Crippen LogP contribution in [0.1, 0.15) is 20.3 Å². The number of hydrogen-bond acceptors (Lipinski definition) is 5. The van der Waals surface area contributed by atoms with Gasteiger partial charge in [0.05, 0.1) is 5.75 Å². The maximum Gasteiger partial charge on any atom is 0.230 e. The molecule has 0 aliphatic rings. The smallest absolute Gasteiger partial charge is 0.230 e. The van der Waals surface area contributed by atoms with Crippen molar-refractivity contribution in [1.29, 1.82) is 0 Å². The molecule has 106 valence electrons. The van der Waals surface area contributed by atoms with Crippen LogP contribution in [0.15, 0.2) is 11.2 Å². The van der Waals surface area contributed by atoms with Crippen molar-refractivity contribution in [2.75, 3.05) is 24.7 Å². The fourth-order valence-corrected chi connectivity index (χ4v) is 2.12. The number of carbonyl (C=O) groups is 1. The Bertz CT molecular complexity index is 442. The van der Waals surface area contributed by atoms with E-state index in [1.165, 1.54) is 11.8 Å². The SMILES string of the molecule is CCC(C)NC(=O)CSc1nc(Cl)cc(N(C)C)n1. The van der Waals surface area contributed by atoms with Crippen molar-refractivity contribution in [3.8, 4) is 0 Å². The largest absolute Gasteiger partial charge is 0.363 e. The van der Waals surface area contributed by atoms with Crippen molar-refractivity contribution in [1.82, 2.24) is 15.3 Å². The number of thioether (sulfide) groups is 1. The monoisotopic (exact) mass is 302 g/mol. The molecule has 0 aliphatic carbocycles. The number of rotatable bonds is 6. The van der Waals surface area contributed by atoms with Gasteiger partial charge in [-0.3, -0.25) is 4.79 Å². The van der Waals surface area contributed by atoms with Crippen LogP contribution in [-0.2, 0) is 4.79 Å². The minimum Gasteiger partial charge on any atom is -0.363 e. The van der Waals surface area contributed by atoms with Crippen LogP contribution in [0.3, 0.4) is 0 Å². The molecule has 1 aromatic rings. The number of halogens is 1. The van der Waals surface area contributed by atoms with E-state index in [0.717, 1.165) is 12.2 Å². The lowest BCUT2D eigenvalue weighted by molar-refractivity contribution is -0.119. The zero-order valence-electron chi connectivity index (χ0n) is 11.6. The summed E-state index contributed by atoms with van der Waals surface area (Å²) >= 11 is 7.21. The van der Waals surface area contributed by atoms with Crippen molar-refractivity contribution < 1.29 is 4.79 Å². The van der Waals surface area contributed by atoms with Gasteiger partial charge in [-0.15, -0.1) is 0 Å². The summed E-state index contributed by atoms with van der Waals surface area (Å²) in [7, 11) is 3.76. The second-order valence-corrected chi connectivity index (χ2v) is 5.72.